The normalized spacial score (nSPS) is 20.5. The SMILES string of the molecule is CC(=O)OC(C)(C)C.N[C@H]1CCCCNC1=O. The molecule has 1 aliphatic heterocycles. The molecule has 0 spiro atoms. The molecule has 5 nitrogen and oxygen atoms in total. The molecular weight excluding hydrogens is 220 g/mol. The molecule has 1 saturated heterocycles. The Hall–Kier alpha value is -1.10. The van der Waals surface area contributed by atoms with Gasteiger partial charge in [-0.05, 0) is 40.0 Å². The van der Waals surface area contributed by atoms with Crippen LogP contribution in [0.3, 0.4) is 0 Å². The Balaban J connectivity index is 0.000000304. The largest absolute Gasteiger partial charge is 0.460 e. The molecule has 0 aliphatic carbocycles. The van der Waals surface area contributed by atoms with Crippen LogP contribution in [0.5, 0.6) is 0 Å². The van der Waals surface area contributed by atoms with Gasteiger partial charge in [0.05, 0.1) is 6.04 Å². The van der Waals surface area contributed by atoms with Crippen LogP contribution in [0.4, 0.5) is 0 Å². The van der Waals surface area contributed by atoms with E-state index in [9.17, 15) is 9.59 Å². The van der Waals surface area contributed by atoms with Crippen LogP contribution in [0.15, 0.2) is 0 Å². The second-order valence-electron chi connectivity index (χ2n) is 5.10. The molecule has 3 N–H and O–H groups in total. The molecule has 1 aliphatic rings. The van der Waals surface area contributed by atoms with E-state index in [0.717, 1.165) is 25.8 Å². The molecule has 0 aromatic rings. The van der Waals surface area contributed by atoms with E-state index in [4.69, 9.17) is 10.5 Å². The Morgan fingerprint density at radius 3 is 2.41 bits per heavy atom. The fourth-order valence-electron chi connectivity index (χ4n) is 1.39. The summed E-state index contributed by atoms with van der Waals surface area (Å²) in [6, 6.07) is -0.257. The van der Waals surface area contributed by atoms with Crippen molar-refractivity contribution in [1.29, 1.82) is 0 Å². The molecule has 1 fully saturated rings. The van der Waals surface area contributed by atoms with Crippen molar-refractivity contribution in [2.45, 2.75) is 58.6 Å². The van der Waals surface area contributed by atoms with Gasteiger partial charge in [-0.25, -0.2) is 0 Å². The molecule has 1 amide bonds. The maximum atomic E-state index is 10.8. The lowest BCUT2D eigenvalue weighted by molar-refractivity contribution is -0.151. The van der Waals surface area contributed by atoms with Crippen LogP contribution < -0.4 is 11.1 Å². The first-order chi connectivity index (χ1) is 7.72. The minimum absolute atomic E-state index is 0.00694. The van der Waals surface area contributed by atoms with E-state index in [1.807, 2.05) is 20.8 Å². The second kappa shape index (κ2) is 7.27. The standard InChI is InChI=1S/C6H12N2O.C6H12O2/c7-5-3-1-2-4-8-6(5)9;1-5(7)8-6(2,3)4/h5H,1-4,7H2,(H,8,9);1-4H3/t5-;/m0./s1. The van der Waals surface area contributed by atoms with Gasteiger partial charge in [-0.15, -0.1) is 0 Å². The minimum Gasteiger partial charge on any atom is -0.460 e. The number of carbonyl (C=O) groups excluding carboxylic acids is 2. The zero-order chi connectivity index (χ0) is 13.5. The van der Waals surface area contributed by atoms with E-state index in [-0.39, 0.29) is 23.5 Å². The van der Waals surface area contributed by atoms with Gasteiger partial charge in [-0.1, -0.05) is 0 Å². The van der Waals surface area contributed by atoms with E-state index < -0.39 is 0 Å². The Morgan fingerprint density at radius 1 is 1.41 bits per heavy atom. The molecule has 1 atom stereocenters. The summed E-state index contributed by atoms with van der Waals surface area (Å²) in [5.74, 6) is -0.218. The highest BCUT2D eigenvalue weighted by molar-refractivity contribution is 5.81. The second-order valence-corrected chi connectivity index (χ2v) is 5.10. The molecule has 1 heterocycles. The van der Waals surface area contributed by atoms with Crippen LogP contribution in [-0.4, -0.2) is 30.1 Å². The summed E-state index contributed by atoms with van der Waals surface area (Å²) in [6.07, 6.45) is 2.98. The van der Waals surface area contributed by atoms with E-state index in [2.05, 4.69) is 5.32 Å². The summed E-state index contributed by atoms with van der Waals surface area (Å²) in [6.45, 7) is 7.73. The van der Waals surface area contributed by atoms with E-state index in [0.29, 0.717) is 0 Å². The molecule has 100 valence electrons. The van der Waals surface area contributed by atoms with Crippen molar-refractivity contribution in [3.05, 3.63) is 0 Å². The van der Waals surface area contributed by atoms with Crippen molar-refractivity contribution in [2.24, 2.45) is 5.73 Å². The van der Waals surface area contributed by atoms with Crippen LogP contribution in [-0.2, 0) is 14.3 Å². The van der Waals surface area contributed by atoms with Gasteiger partial charge in [-0.2, -0.15) is 0 Å². The smallest absolute Gasteiger partial charge is 0.303 e. The summed E-state index contributed by atoms with van der Waals surface area (Å²) in [5.41, 5.74) is 5.14. The average Bonchev–Trinajstić information content (AvgIpc) is 2.29. The van der Waals surface area contributed by atoms with Crippen LogP contribution >= 0.6 is 0 Å². The van der Waals surface area contributed by atoms with Crippen LogP contribution in [0.1, 0.15) is 47.0 Å². The monoisotopic (exact) mass is 244 g/mol. The summed E-state index contributed by atoms with van der Waals surface area (Å²) in [5, 5.41) is 2.73. The topological polar surface area (TPSA) is 81.4 Å². The minimum atomic E-state index is -0.328. The highest BCUT2D eigenvalue weighted by atomic mass is 16.6. The number of nitrogens with one attached hydrogen (secondary N) is 1. The van der Waals surface area contributed by atoms with Crippen molar-refractivity contribution in [3.8, 4) is 0 Å². The average molecular weight is 244 g/mol. The molecule has 0 bridgehead atoms. The number of nitrogens with two attached hydrogens (primary N) is 1. The third kappa shape index (κ3) is 9.81. The summed E-state index contributed by atoms with van der Waals surface area (Å²) < 4.78 is 4.80. The van der Waals surface area contributed by atoms with Gasteiger partial charge in [0, 0.05) is 13.5 Å². The number of esters is 1. The number of hydrogen-bond acceptors (Lipinski definition) is 4. The highest BCUT2D eigenvalue weighted by Crippen LogP contribution is 2.05. The molecule has 0 unspecified atom stereocenters. The predicted molar refractivity (Wildman–Crippen MR) is 66.4 cm³/mol. The van der Waals surface area contributed by atoms with Gasteiger partial charge < -0.3 is 15.8 Å². The van der Waals surface area contributed by atoms with Crippen LogP contribution in [0.2, 0.25) is 0 Å². The van der Waals surface area contributed by atoms with Crippen molar-refractivity contribution in [2.75, 3.05) is 6.54 Å². The van der Waals surface area contributed by atoms with Gasteiger partial charge in [0.15, 0.2) is 0 Å². The van der Waals surface area contributed by atoms with Crippen molar-refractivity contribution >= 4 is 11.9 Å². The Labute approximate surface area is 103 Å². The number of amides is 1. The molecule has 5 heteroatoms. The van der Waals surface area contributed by atoms with Gasteiger partial charge in [0.2, 0.25) is 5.91 Å². The highest BCUT2D eigenvalue weighted by Gasteiger charge is 2.14. The van der Waals surface area contributed by atoms with Crippen molar-refractivity contribution in [1.82, 2.24) is 5.32 Å². The number of ether oxygens (including phenoxy) is 1. The molecular formula is C12H24N2O3. The lowest BCUT2D eigenvalue weighted by Crippen LogP contribution is -2.38. The van der Waals surface area contributed by atoms with Gasteiger partial charge in [0.1, 0.15) is 5.60 Å². The lowest BCUT2D eigenvalue weighted by atomic mass is 10.1. The number of rotatable bonds is 0. The predicted octanol–water partition coefficient (Wildman–Crippen LogP) is 0.962. The summed E-state index contributed by atoms with van der Waals surface area (Å²) in [7, 11) is 0. The molecule has 0 aromatic carbocycles. The van der Waals surface area contributed by atoms with Crippen molar-refractivity contribution < 1.29 is 14.3 Å². The first-order valence-corrected chi connectivity index (χ1v) is 5.95. The van der Waals surface area contributed by atoms with Crippen LogP contribution in [0, 0.1) is 0 Å². The molecule has 0 radical (unpaired) electrons. The lowest BCUT2D eigenvalue weighted by Gasteiger charge is -2.17. The summed E-state index contributed by atoms with van der Waals surface area (Å²) in [4.78, 5) is 21.0. The third-order valence-electron chi connectivity index (χ3n) is 2.03. The summed E-state index contributed by atoms with van der Waals surface area (Å²) >= 11 is 0. The van der Waals surface area contributed by atoms with Gasteiger partial charge >= 0.3 is 5.97 Å². The Kier molecular flexibility index (Phi) is 6.80. The molecule has 0 saturated carbocycles. The Morgan fingerprint density at radius 2 is 2.00 bits per heavy atom. The quantitative estimate of drug-likeness (QED) is 0.622. The van der Waals surface area contributed by atoms with Gasteiger partial charge in [0.25, 0.3) is 0 Å². The van der Waals surface area contributed by atoms with Gasteiger partial charge in [-0.3, -0.25) is 9.59 Å². The molecule has 17 heavy (non-hydrogen) atoms. The van der Waals surface area contributed by atoms with Crippen molar-refractivity contribution in [3.63, 3.8) is 0 Å². The van der Waals surface area contributed by atoms with Crippen LogP contribution in [0.25, 0.3) is 0 Å². The number of carbonyl (C=O) groups is 2. The van der Waals surface area contributed by atoms with E-state index in [1.54, 1.807) is 0 Å². The first kappa shape index (κ1) is 15.9. The van der Waals surface area contributed by atoms with E-state index in [1.165, 1.54) is 6.92 Å². The maximum Gasteiger partial charge on any atom is 0.303 e. The Bertz CT molecular complexity index is 259. The first-order valence-electron chi connectivity index (χ1n) is 5.95. The third-order valence-corrected chi connectivity index (χ3v) is 2.03. The fraction of sp³-hybridized carbons (Fsp3) is 0.833. The molecule has 1 rings (SSSR count). The number of hydrogen-bond donors (Lipinski definition) is 2. The zero-order valence-corrected chi connectivity index (χ0v) is 11.2. The molecule has 0 aromatic heterocycles. The zero-order valence-electron chi connectivity index (χ0n) is 11.2. The maximum absolute atomic E-state index is 10.8. The van der Waals surface area contributed by atoms with E-state index >= 15 is 0 Å². The fourth-order valence-corrected chi connectivity index (χ4v) is 1.39.